The first-order chi connectivity index (χ1) is 29.9. The number of allylic oxidation sites excluding steroid dienone is 10. The Balaban J connectivity index is 2.47. The molecular formula is C48H83O13P. The molecule has 13 nitrogen and oxygen atoms in total. The van der Waals surface area contributed by atoms with E-state index in [2.05, 4.69) is 68.5 Å². The molecule has 0 amide bonds. The highest BCUT2D eigenvalue weighted by atomic mass is 31.2. The third-order valence-corrected chi connectivity index (χ3v) is 11.6. The van der Waals surface area contributed by atoms with Crippen LogP contribution >= 0.6 is 7.82 Å². The zero-order chi connectivity index (χ0) is 45.7. The van der Waals surface area contributed by atoms with E-state index in [1.807, 2.05) is 6.08 Å². The number of aliphatic hydroxyl groups excluding tert-OH is 5. The van der Waals surface area contributed by atoms with Gasteiger partial charge in [0.25, 0.3) is 0 Å². The molecule has 1 aliphatic carbocycles. The van der Waals surface area contributed by atoms with E-state index in [-0.39, 0.29) is 12.8 Å². The fraction of sp³-hybridized carbons (Fsp3) is 0.750. The predicted octanol–water partition coefficient (Wildman–Crippen LogP) is 9.33. The first-order valence-electron chi connectivity index (χ1n) is 23.6. The third-order valence-electron chi connectivity index (χ3n) is 10.6. The smallest absolute Gasteiger partial charge is 0.462 e. The lowest BCUT2D eigenvalue weighted by Crippen LogP contribution is -2.64. The summed E-state index contributed by atoms with van der Waals surface area (Å²) in [7, 11) is -5.13. The monoisotopic (exact) mass is 899 g/mol. The number of phosphoric acid groups is 1. The molecule has 0 aromatic carbocycles. The quantitative estimate of drug-likeness (QED) is 0.0148. The Kier molecular flexibility index (Phi) is 35.2. The van der Waals surface area contributed by atoms with E-state index in [4.69, 9.17) is 18.5 Å². The van der Waals surface area contributed by atoms with E-state index in [0.717, 1.165) is 64.2 Å². The van der Waals surface area contributed by atoms with Crippen molar-refractivity contribution in [1.29, 1.82) is 0 Å². The van der Waals surface area contributed by atoms with Gasteiger partial charge in [0.05, 0.1) is 6.61 Å². The highest BCUT2D eigenvalue weighted by molar-refractivity contribution is 7.47. The van der Waals surface area contributed by atoms with Crippen molar-refractivity contribution >= 4 is 19.8 Å². The molecule has 0 saturated heterocycles. The first-order valence-corrected chi connectivity index (χ1v) is 25.1. The number of unbranched alkanes of at least 4 members (excludes halogenated alkanes) is 16. The molecule has 1 rings (SSSR count). The van der Waals surface area contributed by atoms with Crippen LogP contribution in [-0.4, -0.2) is 98.3 Å². The topological polar surface area (TPSA) is 210 Å². The van der Waals surface area contributed by atoms with E-state index < -0.39 is 75.7 Å². The minimum atomic E-state index is -5.13. The van der Waals surface area contributed by atoms with Crippen LogP contribution in [0.25, 0.3) is 0 Å². The molecule has 6 atom stereocenters. The number of carbonyl (C=O) groups excluding carboxylic acids is 2. The average Bonchev–Trinajstić information content (AvgIpc) is 3.25. The van der Waals surface area contributed by atoms with Gasteiger partial charge in [-0.15, -0.1) is 0 Å². The minimum absolute atomic E-state index is 0.0415. The van der Waals surface area contributed by atoms with Gasteiger partial charge in [-0.25, -0.2) is 4.57 Å². The van der Waals surface area contributed by atoms with Crippen LogP contribution in [0.3, 0.4) is 0 Å². The molecule has 62 heavy (non-hydrogen) atoms. The van der Waals surface area contributed by atoms with Crippen LogP contribution < -0.4 is 0 Å². The molecule has 6 N–H and O–H groups in total. The number of carbonyl (C=O) groups is 2. The molecule has 1 fully saturated rings. The summed E-state index contributed by atoms with van der Waals surface area (Å²) < 4.78 is 33.5. The molecule has 358 valence electrons. The lowest BCUT2D eigenvalue weighted by Gasteiger charge is -2.41. The lowest BCUT2D eigenvalue weighted by atomic mass is 9.85. The van der Waals surface area contributed by atoms with Gasteiger partial charge in [0, 0.05) is 12.8 Å². The number of esters is 2. The number of hydrogen-bond acceptors (Lipinski definition) is 12. The fourth-order valence-corrected chi connectivity index (χ4v) is 7.77. The molecule has 0 radical (unpaired) electrons. The Morgan fingerprint density at radius 2 is 0.919 bits per heavy atom. The summed E-state index contributed by atoms with van der Waals surface area (Å²) in [6.07, 6.45) is 32.8. The first kappa shape index (κ1) is 57.6. The zero-order valence-electron chi connectivity index (χ0n) is 37.9. The Morgan fingerprint density at radius 1 is 0.516 bits per heavy atom. The Bertz CT molecular complexity index is 1320. The summed E-state index contributed by atoms with van der Waals surface area (Å²) in [5.41, 5.74) is 0. The van der Waals surface area contributed by atoms with E-state index >= 15 is 0 Å². The standard InChI is InChI=1S/C48H83O13P/c1-3-5-7-9-11-13-15-17-19-20-21-23-24-26-28-30-32-34-36-41(49)58-38-40(39-59-62(56,57)61-48-46(54)44(52)43(51)45(53)47(48)55)60-42(50)37-35-33-31-29-27-25-22-18-16-14-12-10-8-6-4-2/h6,8,12,14,18-20,22,27,29,40,43-48,51-55H,3-5,7,9-11,13,15-17,21,23-26,28,30-39H2,1-2H3,(H,56,57)/b8-6-,14-12-,20-19-,22-18-,29-27-. The summed E-state index contributed by atoms with van der Waals surface area (Å²) in [6, 6.07) is 0. The van der Waals surface area contributed by atoms with E-state index in [1.54, 1.807) is 0 Å². The normalized spacial score (nSPS) is 22.4. The number of phosphoric ester groups is 1. The maximum Gasteiger partial charge on any atom is 0.472 e. The molecule has 0 aromatic rings. The SMILES string of the molecule is CC/C=C\C/C=C\C/C=C\C/C=C\CCCCC(=O)OC(COC(=O)CCCCCCCCC/C=C\CCCCCCCCC)COP(=O)(O)OC1C(O)C(O)C(O)C(O)C1O. The molecular weight excluding hydrogens is 815 g/mol. The second-order valence-electron chi connectivity index (χ2n) is 16.2. The zero-order valence-corrected chi connectivity index (χ0v) is 38.8. The predicted molar refractivity (Wildman–Crippen MR) is 244 cm³/mol. The van der Waals surface area contributed by atoms with Crippen molar-refractivity contribution in [2.45, 2.75) is 217 Å². The van der Waals surface area contributed by atoms with Crippen LogP contribution in [0.5, 0.6) is 0 Å². The van der Waals surface area contributed by atoms with Gasteiger partial charge in [-0.1, -0.05) is 145 Å². The van der Waals surface area contributed by atoms with Crippen LogP contribution in [0, 0.1) is 0 Å². The fourth-order valence-electron chi connectivity index (χ4n) is 6.80. The molecule has 0 aliphatic heterocycles. The number of rotatable bonds is 38. The maximum absolute atomic E-state index is 12.8. The molecule has 1 aliphatic rings. The van der Waals surface area contributed by atoms with Crippen molar-refractivity contribution in [2.75, 3.05) is 13.2 Å². The highest BCUT2D eigenvalue weighted by Crippen LogP contribution is 2.47. The van der Waals surface area contributed by atoms with Gasteiger partial charge in [-0.05, 0) is 77.0 Å². The van der Waals surface area contributed by atoms with Gasteiger partial charge in [-0.3, -0.25) is 18.6 Å². The second-order valence-corrected chi connectivity index (χ2v) is 17.6. The van der Waals surface area contributed by atoms with E-state index in [0.29, 0.717) is 19.3 Å². The summed E-state index contributed by atoms with van der Waals surface area (Å²) in [5.74, 6) is -1.16. The highest BCUT2D eigenvalue weighted by Gasteiger charge is 2.51. The number of aliphatic hydroxyl groups is 5. The number of ether oxygens (including phenoxy) is 2. The van der Waals surface area contributed by atoms with Crippen LogP contribution in [-0.2, 0) is 32.7 Å². The Labute approximate surface area is 373 Å². The summed E-state index contributed by atoms with van der Waals surface area (Å²) >= 11 is 0. The number of hydrogen-bond donors (Lipinski definition) is 6. The van der Waals surface area contributed by atoms with Crippen molar-refractivity contribution in [2.24, 2.45) is 0 Å². The van der Waals surface area contributed by atoms with E-state index in [9.17, 15) is 44.6 Å². The molecule has 0 heterocycles. The summed E-state index contributed by atoms with van der Waals surface area (Å²) in [4.78, 5) is 35.7. The molecule has 0 spiro atoms. The maximum atomic E-state index is 12.8. The molecule has 1 saturated carbocycles. The van der Waals surface area contributed by atoms with Gasteiger partial charge in [0.1, 0.15) is 43.2 Å². The summed E-state index contributed by atoms with van der Waals surface area (Å²) in [5, 5.41) is 50.1. The molecule has 6 unspecified atom stereocenters. The van der Waals surface area contributed by atoms with Crippen LogP contribution in [0.15, 0.2) is 60.8 Å². The van der Waals surface area contributed by atoms with Crippen molar-refractivity contribution in [3.63, 3.8) is 0 Å². The largest absolute Gasteiger partial charge is 0.472 e. The lowest BCUT2D eigenvalue weighted by molar-refractivity contribution is -0.220. The molecule has 0 aromatic heterocycles. The van der Waals surface area contributed by atoms with Crippen LogP contribution in [0.1, 0.15) is 174 Å². The van der Waals surface area contributed by atoms with Gasteiger partial charge < -0.3 is 39.9 Å². The van der Waals surface area contributed by atoms with Crippen molar-refractivity contribution in [3.05, 3.63) is 60.8 Å². The van der Waals surface area contributed by atoms with E-state index in [1.165, 1.54) is 64.2 Å². The second kappa shape index (κ2) is 37.9. The van der Waals surface area contributed by atoms with Crippen molar-refractivity contribution in [1.82, 2.24) is 0 Å². The van der Waals surface area contributed by atoms with Gasteiger partial charge in [0.2, 0.25) is 0 Å². The van der Waals surface area contributed by atoms with Crippen molar-refractivity contribution in [3.8, 4) is 0 Å². The minimum Gasteiger partial charge on any atom is -0.462 e. The van der Waals surface area contributed by atoms with Gasteiger partial charge in [-0.2, -0.15) is 0 Å². The third kappa shape index (κ3) is 29.8. The molecule has 0 bridgehead atoms. The van der Waals surface area contributed by atoms with Gasteiger partial charge >= 0.3 is 19.8 Å². The Hall–Kier alpha value is -2.45. The van der Waals surface area contributed by atoms with Crippen LogP contribution in [0.4, 0.5) is 0 Å². The van der Waals surface area contributed by atoms with Gasteiger partial charge in [0.15, 0.2) is 6.10 Å². The molecule has 14 heteroatoms. The average molecular weight is 899 g/mol. The van der Waals surface area contributed by atoms with Crippen molar-refractivity contribution < 1.29 is 63.1 Å². The Morgan fingerprint density at radius 3 is 1.45 bits per heavy atom. The summed E-state index contributed by atoms with van der Waals surface area (Å²) in [6.45, 7) is 3.14. The van der Waals surface area contributed by atoms with Crippen LogP contribution in [0.2, 0.25) is 0 Å².